The second-order valence-corrected chi connectivity index (χ2v) is 8.70. The SMILES string of the molecule is CS(=O)(=O)c1ccc(C(=CC2C[C@@H](F)[C@@H](F)C2)C(=O)Nc2cnccn2)cc1. The van der Waals surface area contributed by atoms with Crippen LogP contribution in [-0.4, -0.2) is 42.9 Å². The van der Waals surface area contributed by atoms with E-state index in [1.165, 1.54) is 48.9 Å². The molecule has 0 saturated heterocycles. The molecule has 1 heterocycles. The van der Waals surface area contributed by atoms with Crippen molar-refractivity contribution in [3.63, 3.8) is 0 Å². The van der Waals surface area contributed by atoms with E-state index in [1.807, 2.05) is 0 Å². The molecular formula is C19H19F2N3O3S. The number of hydrogen-bond donors (Lipinski definition) is 1. The Hall–Kier alpha value is -2.68. The van der Waals surface area contributed by atoms with Crippen molar-refractivity contribution < 1.29 is 22.0 Å². The molecule has 1 aromatic heterocycles. The van der Waals surface area contributed by atoms with Crippen molar-refractivity contribution in [3.8, 4) is 0 Å². The second-order valence-electron chi connectivity index (χ2n) is 6.69. The quantitative estimate of drug-likeness (QED) is 0.770. The van der Waals surface area contributed by atoms with Crippen LogP contribution in [0.15, 0.2) is 53.8 Å². The van der Waals surface area contributed by atoms with Gasteiger partial charge in [0.25, 0.3) is 5.91 Å². The van der Waals surface area contributed by atoms with Crippen LogP contribution in [0.2, 0.25) is 0 Å². The second kappa shape index (κ2) is 8.14. The van der Waals surface area contributed by atoms with Gasteiger partial charge in [-0.3, -0.25) is 9.78 Å². The molecule has 9 heteroatoms. The normalized spacial score (nSPS) is 22.8. The number of anilines is 1. The maximum Gasteiger partial charge on any atom is 0.257 e. The van der Waals surface area contributed by atoms with Gasteiger partial charge in [0, 0.05) is 24.2 Å². The van der Waals surface area contributed by atoms with E-state index in [1.54, 1.807) is 0 Å². The number of benzene rings is 1. The van der Waals surface area contributed by atoms with Crippen molar-refractivity contribution in [1.82, 2.24) is 9.97 Å². The Morgan fingerprint density at radius 1 is 1.14 bits per heavy atom. The van der Waals surface area contributed by atoms with Crippen LogP contribution < -0.4 is 5.32 Å². The summed E-state index contributed by atoms with van der Waals surface area (Å²) in [5.41, 5.74) is 0.628. The number of amides is 1. The van der Waals surface area contributed by atoms with Gasteiger partial charge in [-0.1, -0.05) is 18.2 Å². The monoisotopic (exact) mass is 407 g/mol. The maximum atomic E-state index is 13.6. The molecule has 148 valence electrons. The minimum absolute atomic E-state index is 0.00941. The molecular weight excluding hydrogens is 388 g/mol. The molecule has 1 amide bonds. The summed E-state index contributed by atoms with van der Waals surface area (Å²) >= 11 is 0. The number of hydrogen-bond acceptors (Lipinski definition) is 5. The molecule has 1 saturated carbocycles. The van der Waals surface area contributed by atoms with E-state index in [0.717, 1.165) is 6.26 Å². The van der Waals surface area contributed by atoms with Gasteiger partial charge in [-0.2, -0.15) is 0 Å². The smallest absolute Gasteiger partial charge is 0.257 e. The summed E-state index contributed by atoms with van der Waals surface area (Å²) in [4.78, 5) is 20.7. The van der Waals surface area contributed by atoms with E-state index < -0.39 is 34.0 Å². The minimum atomic E-state index is -3.39. The van der Waals surface area contributed by atoms with E-state index in [2.05, 4.69) is 15.3 Å². The summed E-state index contributed by atoms with van der Waals surface area (Å²) < 4.78 is 50.4. The van der Waals surface area contributed by atoms with Crippen molar-refractivity contribution in [1.29, 1.82) is 0 Å². The average molecular weight is 407 g/mol. The molecule has 1 aliphatic rings. The Bertz CT molecular complexity index is 969. The van der Waals surface area contributed by atoms with Gasteiger partial charge in [0.15, 0.2) is 15.7 Å². The van der Waals surface area contributed by atoms with E-state index in [4.69, 9.17) is 0 Å². The highest BCUT2D eigenvalue weighted by molar-refractivity contribution is 7.90. The van der Waals surface area contributed by atoms with Crippen molar-refractivity contribution >= 4 is 27.1 Å². The Balaban J connectivity index is 1.93. The Kier molecular flexibility index (Phi) is 5.83. The largest absolute Gasteiger partial charge is 0.305 e. The lowest BCUT2D eigenvalue weighted by molar-refractivity contribution is -0.111. The summed E-state index contributed by atoms with van der Waals surface area (Å²) in [7, 11) is -3.39. The first kappa shape index (κ1) is 20.1. The molecule has 6 nitrogen and oxygen atoms in total. The summed E-state index contributed by atoms with van der Waals surface area (Å²) in [6.45, 7) is 0. The first-order valence-corrected chi connectivity index (χ1v) is 10.5. The highest BCUT2D eigenvalue weighted by atomic mass is 32.2. The number of carbonyl (C=O) groups excluding carboxylic acids is 1. The molecule has 2 aromatic rings. The lowest BCUT2D eigenvalue weighted by Crippen LogP contribution is -2.16. The van der Waals surface area contributed by atoms with Crippen LogP contribution in [0.3, 0.4) is 0 Å². The van der Waals surface area contributed by atoms with Crippen molar-refractivity contribution in [2.75, 3.05) is 11.6 Å². The van der Waals surface area contributed by atoms with E-state index in [9.17, 15) is 22.0 Å². The molecule has 3 atom stereocenters. The van der Waals surface area contributed by atoms with Gasteiger partial charge in [-0.25, -0.2) is 22.2 Å². The fourth-order valence-corrected chi connectivity index (χ4v) is 3.70. The zero-order valence-corrected chi connectivity index (χ0v) is 15.9. The topological polar surface area (TPSA) is 89.0 Å². The molecule has 1 unspecified atom stereocenters. The summed E-state index contributed by atoms with van der Waals surface area (Å²) in [5, 5.41) is 2.60. The zero-order chi connectivity index (χ0) is 20.3. The number of nitrogens with one attached hydrogen (secondary N) is 1. The lowest BCUT2D eigenvalue weighted by Gasteiger charge is -2.12. The predicted molar refractivity (Wildman–Crippen MR) is 101 cm³/mol. The van der Waals surface area contributed by atoms with Gasteiger partial charge >= 0.3 is 0 Å². The fraction of sp³-hybridized carbons (Fsp3) is 0.316. The van der Waals surface area contributed by atoms with Gasteiger partial charge in [0.1, 0.15) is 12.3 Å². The molecule has 0 radical (unpaired) electrons. The standard InChI is InChI=1S/C19H19F2N3O3S/c1-28(26,27)14-4-2-13(3-5-14)15(8-12-9-16(20)17(21)10-12)19(25)24-18-11-22-6-7-23-18/h2-8,11-12,16-17H,9-10H2,1H3,(H,23,24,25)/t12?,16-,17+. The van der Waals surface area contributed by atoms with Gasteiger partial charge in [-0.05, 0) is 36.5 Å². The zero-order valence-electron chi connectivity index (χ0n) is 15.0. The molecule has 1 N–H and O–H groups in total. The molecule has 1 aromatic carbocycles. The lowest BCUT2D eigenvalue weighted by atomic mass is 9.98. The van der Waals surface area contributed by atoms with Crippen LogP contribution in [0.25, 0.3) is 5.57 Å². The third-order valence-electron chi connectivity index (χ3n) is 4.49. The number of rotatable bonds is 5. The number of sulfone groups is 1. The molecule has 28 heavy (non-hydrogen) atoms. The van der Waals surface area contributed by atoms with E-state index in [-0.39, 0.29) is 29.1 Å². The highest BCUT2D eigenvalue weighted by Gasteiger charge is 2.34. The number of alkyl halides is 2. The molecule has 0 spiro atoms. The fourth-order valence-electron chi connectivity index (χ4n) is 3.07. The van der Waals surface area contributed by atoms with Crippen LogP contribution >= 0.6 is 0 Å². The predicted octanol–water partition coefficient (Wildman–Crippen LogP) is 2.99. The Labute approximate surface area is 161 Å². The molecule has 3 rings (SSSR count). The first-order chi connectivity index (χ1) is 13.2. The Morgan fingerprint density at radius 2 is 1.79 bits per heavy atom. The van der Waals surface area contributed by atoms with Crippen molar-refractivity contribution in [2.24, 2.45) is 5.92 Å². The third kappa shape index (κ3) is 4.78. The first-order valence-electron chi connectivity index (χ1n) is 8.62. The van der Waals surface area contributed by atoms with Crippen molar-refractivity contribution in [2.45, 2.75) is 30.1 Å². The summed E-state index contributed by atoms with van der Waals surface area (Å²) in [5.74, 6) is -0.739. The molecule has 1 aliphatic carbocycles. The third-order valence-corrected chi connectivity index (χ3v) is 5.62. The van der Waals surface area contributed by atoms with Crippen LogP contribution in [0.5, 0.6) is 0 Å². The van der Waals surface area contributed by atoms with E-state index >= 15 is 0 Å². The number of allylic oxidation sites excluding steroid dienone is 1. The van der Waals surface area contributed by atoms with Crippen molar-refractivity contribution in [3.05, 3.63) is 54.5 Å². The molecule has 0 aliphatic heterocycles. The summed E-state index contributed by atoms with van der Waals surface area (Å²) in [6, 6.07) is 5.76. The van der Waals surface area contributed by atoms with Crippen LogP contribution in [0, 0.1) is 5.92 Å². The van der Waals surface area contributed by atoms with Gasteiger partial charge in [0.05, 0.1) is 11.1 Å². The van der Waals surface area contributed by atoms with E-state index in [0.29, 0.717) is 5.56 Å². The van der Waals surface area contributed by atoms with Gasteiger partial charge in [0.2, 0.25) is 0 Å². The Morgan fingerprint density at radius 3 is 2.32 bits per heavy atom. The van der Waals surface area contributed by atoms with Gasteiger partial charge in [-0.15, -0.1) is 0 Å². The number of carbonyl (C=O) groups is 1. The summed E-state index contributed by atoms with van der Waals surface area (Å²) in [6.07, 6.45) is 3.72. The highest BCUT2D eigenvalue weighted by Crippen LogP contribution is 2.34. The molecule has 0 bridgehead atoms. The minimum Gasteiger partial charge on any atom is -0.305 e. The van der Waals surface area contributed by atoms with Crippen LogP contribution in [-0.2, 0) is 14.6 Å². The van der Waals surface area contributed by atoms with Crippen LogP contribution in [0.4, 0.5) is 14.6 Å². The van der Waals surface area contributed by atoms with Crippen LogP contribution in [0.1, 0.15) is 18.4 Å². The van der Waals surface area contributed by atoms with Gasteiger partial charge < -0.3 is 5.32 Å². The average Bonchev–Trinajstić information content (AvgIpc) is 2.97. The number of halogens is 2. The number of nitrogens with zero attached hydrogens (tertiary/aromatic N) is 2. The number of aromatic nitrogens is 2. The maximum absolute atomic E-state index is 13.6. The molecule has 1 fully saturated rings.